The molecule has 1 aliphatic rings. The molecular formula is C13H14ClNO. The lowest BCUT2D eigenvalue weighted by Crippen LogP contribution is -1.96. The van der Waals surface area contributed by atoms with Crippen molar-refractivity contribution < 1.29 is 4.74 Å². The molecule has 0 atom stereocenters. The minimum absolute atomic E-state index is 0.696. The highest BCUT2D eigenvalue weighted by Crippen LogP contribution is 2.26. The fourth-order valence-electron chi connectivity index (χ4n) is 1.74. The van der Waals surface area contributed by atoms with E-state index < -0.39 is 0 Å². The average Bonchev–Trinajstić information content (AvgIpc) is 2.33. The molecule has 16 heavy (non-hydrogen) atoms. The molecule has 84 valence electrons. The van der Waals surface area contributed by atoms with E-state index in [2.05, 4.69) is 11.1 Å². The Balaban J connectivity index is 2.20. The number of rotatable bonds is 3. The predicted molar refractivity (Wildman–Crippen MR) is 67.5 cm³/mol. The number of ether oxygens (including phenoxy) is 1. The second kappa shape index (κ2) is 5.17. The normalized spacial score (nSPS) is 14.8. The third-order valence-electron chi connectivity index (χ3n) is 2.55. The maximum Gasteiger partial charge on any atom is 0.123 e. The molecule has 3 heteroatoms. The maximum absolute atomic E-state index is 5.91. The highest BCUT2D eigenvalue weighted by molar-refractivity contribution is 6.30. The van der Waals surface area contributed by atoms with Gasteiger partial charge in [0.15, 0.2) is 0 Å². The smallest absolute Gasteiger partial charge is 0.123 e. The number of allylic oxidation sites excluding steroid dienone is 2. The monoisotopic (exact) mass is 235 g/mol. The Hall–Kier alpha value is -1.28. The van der Waals surface area contributed by atoms with Crippen molar-refractivity contribution in [3.05, 3.63) is 40.6 Å². The van der Waals surface area contributed by atoms with Gasteiger partial charge in [0.05, 0.1) is 7.11 Å². The first-order valence-electron chi connectivity index (χ1n) is 5.33. The Labute approximate surface area is 101 Å². The van der Waals surface area contributed by atoms with Crippen LogP contribution in [0.4, 0.5) is 0 Å². The Morgan fingerprint density at radius 1 is 1.38 bits per heavy atom. The average molecular weight is 236 g/mol. The summed E-state index contributed by atoms with van der Waals surface area (Å²) >= 11 is 5.91. The molecule has 0 aliphatic carbocycles. The Morgan fingerprint density at radius 2 is 2.25 bits per heavy atom. The van der Waals surface area contributed by atoms with E-state index in [0.717, 1.165) is 36.3 Å². The van der Waals surface area contributed by atoms with E-state index in [0.29, 0.717) is 5.02 Å². The fraction of sp³-hybridized carbons (Fsp3) is 0.308. The SMILES string of the molecule is COc1cc(Cl)ccc1CC1=CCCC=N1. The van der Waals surface area contributed by atoms with Crippen LogP contribution in [0, 0.1) is 0 Å². The zero-order valence-corrected chi connectivity index (χ0v) is 10.00. The van der Waals surface area contributed by atoms with Gasteiger partial charge in [-0.25, -0.2) is 0 Å². The Morgan fingerprint density at radius 3 is 2.94 bits per heavy atom. The van der Waals surface area contributed by atoms with Gasteiger partial charge in [0, 0.05) is 28.9 Å². The third-order valence-corrected chi connectivity index (χ3v) is 2.79. The first-order chi connectivity index (χ1) is 7.79. The summed E-state index contributed by atoms with van der Waals surface area (Å²) in [6.45, 7) is 0. The minimum Gasteiger partial charge on any atom is -0.496 e. The van der Waals surface area contributed by atoms with E-state index in [-0.39, 0.29) is 0 Å². The largest absolute Gasteiger partial charge is 0.496 e. The van der Waals surface area contributed by atoms with Crippen LogP contribution < -0.4 is 4.74 Å². The summed E-state index contributed by atoms with van der Waals surface area (Å²) in [5, 5.41) is 0.696. The van der Waals surface area contributed by atoms with E-state index >= 15 is 0 Å². The second-order valence-corrected chi connectivity index (χ2v) is 4.15. The van der Waals surface area contributed by atoms with Crippen molar-refractivity contribution in [2.45, 2.75) is 19.3 Å². The number of hydrogen-bond acceptors (Lipinski definition) is 2. The van der Waals surface area contributed by atoms with Gasteiger partial charge in [-0.2, -0.15) is 0 Å². The highest BCUT2D eigenvalue weighted by Gasteiger charge is 2.07. The van der Waals surface area contributed by atoms with E-state index in [1.165, 1.54) is 0 Å². The van der Waals surface area contributed by atoms with Crippen LogP contribution >= 0.6 is 11.6 Å². The van der Waals surface area contributed by atoms with Gasteiger partial charge in [0.2, 0.25) is 0 Å². The van der Waals surface area contributed by atoms with Crippen LogP contribution in [-0.4, -0.2) is 13.3 Å². The molecule has 0 N–H and O–H groups in total. The Kier molecular flexibility index (Phi) is 3.62. The molecule has 2 nitrogen and oxygen atoms in total. The summed E-state index contributed by atoms with van der Waals surface area (Å²) in [5.41, 5.74) is 2.23. The van der Waals surface area contributed by atoms with Crippen LogP contribution in [0.15, 0.2) is 35.0 Å². The van der Waals surface area contributed by atoms with Crippen LogP contribution in [0.3, 0.4) is 0 Å². The van der Waals surface area contributed by atoms with Gasteiger partial charge in [0.1, 0.15) is 5.75 Å². The number of methoxy groups -OCH3 is 1. The molecule has 0 saturated heterocycles. The number of nitrogens with zero attached hydrogens (tertiary/aromatic N) is 1. The predicted octanol–water partition coefficient (Wildman–Crippen LogP) is 3.64. The van der Waals surface area contributed by atoms with Crippen molar-refractivity contribution in [1.29, 1.82) is 0 Å². The summed E-state index contributed by atoms with van der Waals surface area (Å²) < 4.78 is 5.30. The van der Waals surface area contributed by atoms with Gasteiger partial charge in [-0.15, -0.1) is 0 Å². The molecular weight excluding hydrogens is 222 g/mol. The zero-order chi connectivity index (χ0) is 11.4. The van der Waals surface area contributed by atoms with Crippen molar-refractivity contribution in [1.82, 2.24) is 0 Å². The lowest BCUT2D eigenvalue weighted by molar-refractivity contribution is 0.410. The third kappa shape index (κ3) is 2.64. The molecule has 1 aliphatic heterocycles. The molecule has 0 spiro atoms. The van der Waals surface area contributed by atoms with Gasteiger partial charge in [-0.1, -0.05) is 23.7 Å². The molecule has 0 saturated carbocycles. The first kappa shape index (κ1) is 11.2. The van der Waals surface area contributed by atoms with Crippen LogP contribution in [0.1, 0.15) is 18.4 Å². The molecule has 0 fully saturated rings. The van der Waals surface area contributed by atoms with E-state index in [4.69, 9.17) is 16.3 Å². The van der Waals surface area contributed by atoms with Crippen molar-refractivity contribution in [3.63, 3.8) is 0 Å². The molecule has 1 heterocycles. The van der Waals surface area contributed by atoms with Gasteiger partial charge in [-0.05, 0) is 25.0 Å². The second-order valence-electron chi connectivity index (χ2n) is 3.72. The van der Waals surface area contributed by atoms with E-state index in [9.17, 15) is 0 Å². The van der Waals surface area contributed by atoms with Gasteiger partial charge in [0.25, 0.3) is 0 Å². The minimum atomic E-state index is 0.696. The molecule has 0 amide bonds. The standard InChI is InChI=1S/C13H14ClNO/c1-16-13-9-11(14)6-5-10(13)8-12-4-2-3-7-15-12/h4-7,9H,2-3,8H2,1H3. The number of hydrogen-bond donors (Lipinski definition) is 0. The van der Waals surface area contributed by atoms with Crippen LogP contribution in [0.2, 0.25) is 5.02 Å². The number of aliphatic imine (C=N–C) groups is 1. The van der Waals surface area contributed by atoms with E-state index in [1.807, 2.05) is 24.4 Å². The summed E-state index contributed by atoms with van der Waals surface area (Å²) in [7, 11) is 1.66. The summed E-state index contributed by atoms with van der Waals surface area (Å²) in [6.07, 6.45) is 7.07. The molecule has 1 aromatic rings. The summed E-state index contributed by atoms with van der Waals surface area (Å²) in [4.78, 5) is 4.37. The first-order valence-corrected chi connectivity index (χ1v) is 5.71. The van der Waals surface area contributed by atoms with Gasteiger partial charge >= 0.3 is 0 Å². The molecule has 0 unspecified atom stereocenters. The lowest BCUT2D eigenvalue weighted by atomic mass is 10.1. The summed E-state index contributed by atoms with van der Waals surface area (Å²) in [5.74, 6) is 0.828. The van der Waals surface area contributed by atoms with Crippen molar-refractivity contribution in [2.75, 3.05) is 7.11 Å². The topological polar surface area (TPSA) is 21.6 Å². The van der Waals surface area contributed by atoms with Gasteiger partial charge in [-0.3, -0.25) is 4.99 Å². The molecule has 0 bridgehead atoms. The van der Waals surface area contributed by atoms with Crippen LogP contribution in [0.25, 0.3) is 0 Å². The highest BCUT2D eigenvalue weighted by atomic mass is 35.5. The lowest BCUT2D eigenvalue weighted by Gasteiger charge is -2.10. The fourth-order valence-corrected chi connectivity index (χ4v) is 1.90. The number of benzene rings is 1. The molecule has 2 rings (SSSR count). The van der Waals surface area contributed by atoms with Crippen LogP contribution in [0.5, 0.6) is 5.75 Å². The molecule has 0 radical (unpaired) electrons. The van der Waals surface area contributed by atoms with Crippen molar-refractivity contribution in [3.8, 4) is 5.75 Å². The quantitative estimate of drug-likeness (QED) is 0.784. The zero-order valence-electron chi connectivity index (χ0n) is 9.24. The van der Waals surface area contributed by atoms with Crippen molar-refractivity contribution >= 4 is 17.8 Å². The maximum atomic E-state index is 5.91. The van der Waals surface area contributed by atoms with Gasteiger partial charge < -0.3 is 4.74 Å². The van der Waals surface area contributed by atoms with Crippen LogP contribution in [-0.2, 0) is 6.42 Å². The molecule has 0 aromatic heterocycles. The van der Waals surface area contributed by atoms with E-state index in [1.54, 1.807) is 7.11 Å². The molecule has 1 aromatic carbocycles. The number of halogens is 1. The Bertz CT molecular complexity index is 438. The van der Waals surface area contributed by atoms with Crippen molar-refractivity contribution in [2.24, 2.45) is 4.99 Å². The summed E-state index contributed by atoms with van der Waals surface area (Å²) in [6, 6.07) is 5.71.